The van der Waals surface area contributed by atoms with Gasteiger partial charge in [0.25, 0.3) is 0 Å². The van der Waals surface area contributed by atoms with Crippen LogP contribution in [-0.4, -0.2) is 42.9 Å². The molecule has 132 valence electrons. The largest absolute Gasteiger partial charge is 0.493 e. The van der Waals surface area contributed by atoms with Gasteiger partial charge in [0.1, 0.15) is 5.75 Å². The van der Waals surface area contributed by atoms with Crippen LogP contribution >= 0.6 is 12.4 Å². The Bertz CT molecular complexity index is 614. The fourth-order valence-corrected chi connectivity index (χ4v) is 3.46. The van der Waals surface area contributed by atoms with E-state index in [1.165, 1.54) is 30.0 Å². The molecule has 0 bridgehead atoms. The standard InChI is InChI=1S/C20H27NO2.ClH/c22-16-17-7-3-4-12-21(15-17)13-6-14-23-20-11-5-9-18-8-1-2-10-19(18)20;/h1-2,5,8-11,17,22H,3-4,6-7,12-16H2;1H. The van der Waals surface area contributed by atoms with Crippen molar-refractivity contribution in [3.63, 3.8) is 0 Å². The van der Waals surface area contributed by atoms with Crippen molar-refractivity contribution in [1.82, 2.24) is 4.90 Å². The van der Waals surface area contributed by atoms with Gasteiger partial charge in [-0.1, -0.05) is 42.8 Å². The van der Waals surface area contributed by atoms with Crippen LogP contribution < -0.4 is 4.74 Å². The van der Waals surface area contributed by atoms with Crippen LogP contribution in [0.1, 0.15) is 25.7 Å². The van der Waals surface area contributed by atoms with Crippen LogP contribution in [0.25, 0.3) is 10.8 Å². The topological polar surface area (TPSA) is 32.7 Å². The molecule has 1 N–H and O–H groups in total. The molecule has 1 unspecified atom stereocenters. The van der Waals surface area contributed by atoms with E-state index in [4.69, 9.17) is 4.74 Å². The first-order valence-corrected chi connectivity index (χ1v) is 8.80. The number of ether oxygens (including phenoxy) is 1. The number of hydrogen-bond acceptors (Lipinski definition) is 3. The summed E-state index contributed by atoms with van der Waals surface area (Å²) in [6, 6.07) is 14.6. The van der Waals surface area contributed by atoms with Gasteiger partial charge in [-0.2, -0.15) is 0 Å². The smallest absolute Gasteiger partial charge is 0.127 e. The van der Waals surface area contributed by atoms with Gasteiger partial charge in [-0.05, 0) is 43.2 Å². The van der Waals surface area contributed by atoms with Crippen LogP contribution in [0.15, 0.2) is 42.5 Å². The van der Waals surface area contributed by atoms with Gasteiger partial charge in [0, 0.05) is 25.1 Å². The molecule has 2 aromatic carbocycles. The third-order valence-corrected chi connectivity index (χ3v) is 4.74. The van der Waals surface area contributed by atoms with Crippen LogP contribution in [-0.2, 0) is 0 Å². The van der Waals surface area contributed by atoms with Crippen LogP contribution in [0.5, 0.6) is 5.75 Å². The molecule has 1 aliphatic heterocycles. The van der Waals surface area contributed by atoms with Gasteiger partial charge in [0.2, 0.25) is 0 Å². The lowest BCUT2D eigenvalue weighted by Crippen LogP contribution is -2.31. The number of nitrogens with zero attached hydrogens (tertiary/aromatic N) is 1. The average Bonchev–Trinajstić information content (AvgIpc) is 2.84. The Morgan fingerprint density at radius 1 is 1.08 bits per heavy atom. The van der Waals surface area contributed by atoms with E-state index >= 15 is 0 Å². The van der Waals surface area contributed by atoms with Crippen LogP contribution in [0.4, 0.5) is 0 Å². The van der Waals surface area contributed by atoms with Gasteiger partial charge >= 0.3 is 0 Å². The lowest BCUT2D eigenvalue weighted by Gasteiger charge is -2.23. The zero-order valence-electron chi connectivity index (χ0n) is 14.2. The molecule has 0 radical (unpaired) electrons. The first-order chi connectivity index (χ1) is 11.4. The summed E-state index contributed by atoms with van der Waals surface area (Å²) in [5.74, 6) is 1.43. The normalized spacial score (nSPS) is 18.8. The molecule has 1 aliphatic rings. The number of benzene rings is 2. The Labute approximate surface area is 151 Å². The maximum absolute atomic E-state index is 9.40. The summed E-state index contributed by atoms with van der Waals surface area (Å²) in [5.41, 5.74) is 0. The molecule has 0 saturated carbocycles. The van der Waals surface area contributed by atoms with E-state index in [9.17, 15) is 5.11 Å². The summed E-state index contributed by atoms with van der Waals surface area (Å²) >= 11 is 0. The number of rotatable bonds is 6. The van der Waals surface area contributed by atoms with Gasteiger partial charge in [0.15, 0.2) is 0 Å². The first kappa shape index (κ1) is 19.0. The molecule has 1 fully saturated rings. The second-order valence-corrected chi connectivity index (χ2v) is 6.52. The number of likely N-dealkylation sites (tertiary alicyclic amines) is 1. The highest BCUT2D eigenvalue weighted by atomic mass is 35.5. The minimum Gasteiger partial charge on any atom is -0.493 e. The quantitative estimate of drug-likeness (QED) is 0.796. The highest BCUT2D eigenvalue weighted by Crippen LogP contribution is 2.25. The van der Waals surface area contributed by atoms with Crippen molar-refractivity contribution >= 4 is 23.2 Å². The number of aliphatic hydroxyl groups is 1. The number of aliphatic hydroxyl groups excluding tert-OH is 1. The molecule has 1 heterocycles. The fourth-order valence-electron chi connectivity index (χ4n) is 3.46. The van der Waals surface area contributed by atoms with Crippen molar-refractivity contribution in [2.75, 3.05) is 32.8 Å². The summed E-state index contributed by atoms with van der Waals surface area (Å²) in [6.07, 6.45) is 4.69. The third-order valence-electron chi connectivity index (χ3n) is 4.74. The second-order valence-electron chi connectivity index (χ2n) is 6.52. The fraction of sp³-hybridized carbons (Fsp3) is 0.500. The van der Waals surface area contributed by atoms with Crippen LogP contribution in [0.2, 0.25) is 0 Å². The van der Waals surface area contributed by atoms with Crippen molar-refractivity contribution in [3.05, 3.63) is 42.5 Å². The molecule has 0 amide bonds. The summed E-state index contributed by atoms with van der Waals surface area (Å²) in [5, 5.41) is 11.8. The Hall–Kier alpha value is -1.29. The molecular weight excluding hydrogens is 322 g/mol. The molecule has 0 aromatic heterocycles. The van der Waals surface area contributed by atoms with Crippen molar-refractivity contribution < 1.29 is 9.84 Å². The van der Waals surface area contributed by atoms with Gasteiger partial charge in [-0.15, -0.1) is 12.4 Å². The molecule has 3 nitrogen and oxygen atoms in total. The highest BCUT2D eigenvalue weighted by Gasteiger charge is 2.16. The molecule has 0 aliphatic carbocycles. The minimum absolute atomic E-state index is 0. The van der Waals surface area contributed by atoms with Crippen molar-refractivity contribution in [2.24, 2.45) is 5.92 Å². The van der Waals surface area contributed by atoms with E-state index in [1.54, 1.807) is 0 Å². The van der Waals surface area contributed by atoms with Gasteiger partial charge in [-0.3, -0.25) is 0 Å². The average molecular weight is 350 g/mol. The van der Waals surface area contributed by atoms with Crippen molar-refractivity contribution in [2.45, 2.75) is 25.7 Å². The summed E-state index contributed by atoms with van der Waals surface area (Å²) in [4.78, 5) is 2.49. The molecule has 3 rings (SSSR count). The second kappa shape index (κ2) is 9.87. The molecular formula is C20H28ClNO2. The van der Waals surface area contributed by atoms with Gasteiger partial charge < -0.3 is 14.7 Å². The number of fused-ring (bicyclic) bond motifs is 1. The maximum atomic E-state index is 9.40. The first-order valence-electron chi connectivity index (χ1n) is 8.80. The molecule has 1 saturated heterocycles. The van der Waals surface area contributed by atoms with Gasteiger partial charge in [-0.25, -0.2) is 0 Å². The Balaban J connectivity index is 0.00000208. The zero-order valence-corrected chi connectivity index (χ0v) is 15.0. The van der Waals surface area contributed by atoms with E-state index in [-0.39, 0.29) is 12.4 Å². The lowest BCUT2D eigenvalue weighted by molar-refractivity contribution is 0.166. The van der Waals surface area contributed by atoms with Crippen LogP contribution in [0.3, 0.4) is 0 Å². The Morgan fingerprint density at radius 2 is 1.92 bits per heavy atom. The minimum atomic E-state index is 0. The highest BCUT2D eigenvalue weighted by molar-refractivity contribution is 5.88. The van der Waals surface area contributed by atoms with Gasteiger partial charge in [0.05, 0.1) is 6.61 Å². The van der Waals surface area contributed by atoms with E-state index in [1.807, 2.05) is 0 Å². The predicted molar refractivity (Wildman–Crippen MR) is 102 cm³/mol. The van der Waals surface area contributed by atoms with E-state index < -0.39 is 0 Å². The van der Waals surface area contributed by atoms with Crippen molar-refractivity contribution in [3.8, 4) is 5.75 Å². The summed E-state index contributed by atoms with van der Waals surface area (Å²) in [7, 11) is 0. The number of halogens is 1. The maximum Gasteiger partial charge on any atom is 0.127 e. The van der Waals surface area contributed by atoms with Crippen LogP contribution in [0, 0.1) is 5.92 Å². The van der Waals surface area contributed by atoms with E-state index in [0.717, 1.165) is 38.4 Å². The molecule has 2 aromatic rings. The Morgan fingerprint density at radius 3 is 2.79 bits per heavy atom. The molecule has 0 spiro atoms. The Kier molecular flexibility index (Phi) is 7.83. The predicted octanol–water partition coefficient (Wildman–Crippen LogP) is 4.12. The molecule has 4 heteroatoms. The van der Waals surface area contributed by atoms with E-state index in [0.29, 0.717) is 12.5 Å². The zero-order chi connectivity index (χ0) is 15.9. The lowest BCUT2D eigenvalue weighted by atomic mass is 10.1. The molecule has 24 heavy (non-hydrogen) atoms. The third kappa shape index (κ3) is 5.10. The summed E-state index contributed by atoms with van der Waals surface area (Å²) in [6.45, 7) is 4.31. The van der Waals surface area contributed by atoms with Crippen molar-refractivity contribution in [1.29, 1.82) is 0 Å². The van der Waals surface area contributed by atoms with E-state index in [2.05, 4.69) is 47.4 Å². The summed E-state index contributed by atoms with van der Waals surface area (Å²) < 4.78 is 6.02. The SMILES string of the molecule is Cl.OCC1CCCCN(CCCOc2cccc3ccccc23)C1. The molecule has 1 atom stereocenters. The number of hydrogen-bond donors (Lipinski definition) is 1. The monoisotopic (exact) mass is 349 g/mol.